The number of aliphatic hydroxyl groups excluding tert-OH is 1. The smallest absolute Gasteiger partial charge is 0.253 e. The minimum atomic E-state index is 0.139. The molecule has 1 aromatic carbocycles. The molecular formula is C16H24N2O2. The van der Waals surface area contributed by atoms with Crippen molar-refractivity contribution in [1.82, 2.24) is 9.80 Å². The van der Waals surface area contributed by atoms with Crippen LogP contribution >= 0.6 is 0 Å². The molecule has 2 rings (SSSR count). The van der Waals surface area contributed by atoms with Gasteiger partial charge >= 0.3 is 0 Å². The van der Waals surface area contributed by atoms with E-state index in [1.165, 1.54) is 5.56 Å². The highest BCUT2D eigenvalue weighted by Gasteiger charge is 2.21. The fourth-order valence-corrected chi connectivity index (χ4v) is 2.50. The van der Waals surface area contributed by atoms with Gasteiger partial charge < -0.3 is 10.0 Å². The van der Waals surface area contributed by atoms with Crippen molar-refractivity contribution < 1.29 is 9.90 Å². The van der Waals surface area contributed by atoms with Crippen LogP contribution in [0.1, 0.15) is 28.8 Å². The first kappa shape index (κ1) is 15.0. The van der Waals surface area contributed by atoms with Crippen molar-refractivity contribution in [1.29, 1.82) is 0 Å². The topological polar surface area (TPSA) is 43.8 Å². The maximum Gasteiger partial charge on any atom is 0.253 e. The predicted octanol–water partition coefficient (Wildman–Crippen LogP) is 1.53. The Hall–Kier alpha value is -1.39. The molecule has 1 N–H and O–H groups in total. The first-order valence-electron chi connectivity index (χ1n) is 7.40. The van der Waals surface area contributed by atoms with Crippen molar-refractivity contribution in [3.8, 4) is 0 Å². The highest BCUT2D eigenvalue weighted by molar-refractivity contribution is 5.94. The van der Waals surface area contributed by atoms with E-state index in [1.54, 1.807) is 0 Å². The molecule has 1 heterocycles. The van der Waals surface area contributed by atoms with Crippen molar-refractivity contribution in [3.63, 3.8) is 0 Å². The molecule has 1 amide bonds. The molecule has 1 fully saturated rings. The Morgan fingerprint density at radius 1 is 1.10 bits per heavy atom. The Labute approximate surface area is 121 Å². The van der Waals surface area contributed by atoms with Gasteiger partial charge in [0, 0.05) is 38.3 Å². The Morgan fingerprint density at radius 2 is 1.75 bits per heavy atom. The number of amides is 1. The quantitative estimate of drug-likeness (QED) is 0.829. The third kappa shape index (κ3) is 4.05. The van der Waals surface area contributed by atoms with Crippen LogP contribution in [0, 0.1) is 6.92 Å². The lowest BCUT2D eigenvalue weighted by molar-refractivity contribution is 0.0634. The first-order chi connectivity index (χ1) is 9.70. The van der Waals surface area contributed by atoms with E-state index in [0.717, 1.165) is 51.1 Å². The zero-order valence-corrected chi connectivity index (χ0v) is 12.2. The summed E-state index contributed by atoms with van der Waals surface area (Å²) in [5, 5.41) is 8.78. The molecule has 0 aromatic heterocycles. The third-order valence-electron chi connectivity index (χ3n) is 3.84. The Bertz CT molecular complexity index is 423. The third-order valence-corrected chi connectivity index (χ3v) is 3.84. The van der Waals surface area contributed by atoms with Crippen LogP contribution in [0.25, 0.3) is 0 Å². The molecule has 1 saturated heterocycles. The van der Waals surface area contributed by atoms with E-state index >= 15 is 0 Å². The minimum absolute atomic E-state index is 0.139. The summed E-state index contributed by atoms with van der Waals surface area (Å²) in [4.78, 5) is 16.7. The minimum Gasteiger partial charge on any atom is -0.396 e. The summed E-state index contributed by atoms with van der Waals surface area (Å²) in [6.45, 7) is 6.78. The maximum atomic E-state index is 12.4. The molecule has 0 saturated carbocycles. The highest BCUT2D eigenvalue weighted by Crippen LogP contribution is 2.10. The van der Waals surface area contributed by atoms with E-state index in [2.05, 4.69) is 4.90 Å². The average molecular weight is 276 g/mol. The van der Waals surface area contributed by atoms with Crippen molar-refractivity contribution >= 4 is 5.91 Å². The molecule has 0 spiro atoms. The SMILES string of the molecule is Cc1ccc(C(=O)N2CCN(CCCCO)CC2)cc1. The second kappa shape index (κ2) is 7.41. The fraction of sp³-hybridized carbons (Fsp3) is 0.562. The van der Waals surface area contributed by atoms with Crippen LogP contribution in [-0.4, -0.2) is 60.1 Å². The number of hydrogen-bond donors (Lipinski definition) is 1. The lowest BCUT2D eigenvalue weighted by atomic mass is 10.1. The number of nitrogens with zero attached hydrogens (tertiary/aromatic N) is 2. The van der Waals surface area contributed by atoms with Crippen molar-refractivity contribution in [3.05, 3.63) is 35.4 Å². The first-order valence-corrected chi connectivity index (χ1v) is 7.40. The van der Waals surface area contributed by atoms with E-state index in [-0.39, 0.29) is 12.5 Å². The van der Waals surface area contributed by atoms with Gasteiger partial charge in [0.2, 0.25) is 0 Å². The Morgan fingerprint density at radius 3 is 2.35 bits per heavy atom. The van der Waals surface area contributed by atoms with E-state index in [0.29, 0.717) is 0 Å². The number of carbonyl (C=O) groups excluding carboxylic acids is 1. The van der Waals surface area contributed by atoms with Crippen molar-refractivity contribution in [2.75, 3.05) is 39.3 Å². The lowest BCUT2D eigenvalue weighted by Gasteiger charge is -2.34. The molecule has 1 aromatic rings. The number of unbranched alkanes of at least 4 members (excludes halogenated alkanes) is 1. The number of benzene rings is 1. The molecule has 0 bridgehead atoms. The summed E-state index contributed by atoms with van der Waals surface area (Å²) in [6.07, 6.45) is 1.89. The van der Waals surface area contributed by atoms with Gasteiger partial charge in [0.25, 0.3) is 5.91 Å². The molecule has 0 atom stereocenters. The van der Waals surface area contributed by atoms with Gasteiger partial charge in [-0.3, -0.25) is 9.69 Å². The van der Waals surface area contributed by atoms with Crippen molar-refractivity contribution in [2.45, 2.75) is 19.8 Å². The average Bonchev–Trinajstić information content (AvgIpc) is 2.48. The van der Waals surface area contributed by atoms with Crippen LogP contribution in [0.3, 0.4) is 0 Å². The summed E-state index contributed by atoms with van der Waals surface area (Å²) in [6, 6.07) is 7.79. The summed E-state index contributed by atoms with van der Waals surface area (Å²) in [5.41, 5.74) is 1.96. The molecule has 1 aliphatic rings. The van der Waals surface area contributed by atoms with Crippen molar-refractivity contribution in [2.24, 2.45) is 0 Å². The number of aliphatic hydroxyl groups is 1. The number of piperazine rings is 1. The van der Waals surface area contributed by atoms with E-state index in [9.17, 15) is 4.79 Å². The normalized spacial score (nSPS) is 16.4. The van der Waals surface area contributed by atoms with Gasteiger partial charge in [-0.05, 0) is 38.4 Å². The van der Waals surface area contributed by atoms with Crippen LogP contribution in [-0.2, 0) is 0 Å². The number of carbonyl (C=O) groups is 1. The van der Waals surface area contributed by atoms with Gasteiger partial charge in [-0.1, -0.05) is 17.7 Å². The molecular weight excluding hydrogens is 252 g/mol. The van der Waals surface area contributed by atoms with Crippen LogP contribution in [0.2, 0.25) is 0 Å². The van der Waals surface area contributed by atoms with Gasteiger partial charge in [0.05, 0.1) is 0 Å². The monoisotopic (exact) mass is 276 g/mol. The van der Waals surface area contributed by atoms with Gasteiger partial charge in [0.15, 0.2) is 0 Å². The van der Waals surface area contributed by atoms with Crippen LogP contribution in [0.4, 0.5) is 0 Å². The maximum absolute atomic E-state index is 12.4. The molecule has 20 heavy (non-hydrogen) atoms. The second-order valence-corrected chi connectivity index (χ2v) is 5.43. The summed E-state index contributed by atoms with van der Waals surface area (Å²) >= 11 is 0. The van der Waals surface area contributed by atoms with Gasteiger partial charge in [-0.25, -0.2) is 0 Å². The lowest BCUT2D eigenvalue weighted by Crippen LogP contribution is -2.48. The van der Waals surface area contributed by atoms with Crippen LogP contribution in [0.15, 0.2) is 24.3 Å². The Kier molecular flexibility index (Phi) is 5.56. The number of aryl methyl sites for hydroxylation is 1. The van der Waals surface area contributed by atoms with E-state index < -0.39 is 0 Å². The van der Waals surface area contributed by atoms with Gasteiger partial charge in [-0.2, -0.15) is 0 Å². The standard InChI is InChI=1S/C16H24N2O2/c1-14-4-6-15(7-5-14)16(20)18-11-9-17(10-12-18)8-2-3-13-19/h4-7,19H,2-3,8-13H2,1H3. The molecule has 4 nitrogen and oxygen atoms in total. The van der Waals surface area contributed by atoms with E-state index in [4.69, 9.17) is 5.11 Å². The molecule has 1 aliphatic heterocycles. The van der Waals surface area contributed by atoms with Crippen LogP contribution < -0.4 is 0 Å². The largest absolute Gasteiger partial charge is 0.396 e. The second-order valence-electron chi connectivity index (χ2n) is 5.43. The van der Waals surface area contributed by atoms with Crippen LogP contribution in [0.5, 0.6) is 0 Å². The molecule has 110 valence electrons. The summed E-state index contributed by atoms with van der Waals surface area (Å²) < 4.78 is 0. The summed E-state index contributed by atoms with van der Waals surface area (Å²) in [5.74, 6) is 0.139. The molecule has 4 heteroatoms. The zero-order valence-electron chi connectivity index (χ0n) is 12.2. The highest BCUT2D eigenvalue weighted by atomic mass is 16.2. The van der Waals surface area contributed by atoms with E-state index in [1.807, 2.05) is 36.1 Å². The number of rotatable bonds is 5. The Balaban J connectivity index is 1.81. The predicted molar refractivity (Wildman–Crippen MR) is 79.8 cm³/mol. The fourth-order valence-electron chi connectivity index (χ4n) is 2.50. The molecule has 0 unspecified atom stereocenters. The van der Waals surface area contributed by atoms with Gasteiger partial charge in [-0.15, -0.1) is 0 Å². The number of hydrogen-bond acceptors (Lipinski definition) is 3. The zero-order chi connectivity index (χ0) is 14.4. The molecule has 0 radical (unpaired) electrons. The molecule has 0 aliphatic carbocycles. The van der Waals surface area contributed by atoms with Gasteiger partial charge in [0.1, 0.15) is 0 Å². The summed E-state index contributed by atoms with van der Waals surface area (Å²) in [7, 11) is 0.